The van der Waals surface area contributed by atoms with Gasteiger partial charge in [0.1, 0.15) is 11.4 Å². The van der Waals surface area contributed by atoms with Crippen LogP contribution in [0.4, 0.5) is 0 Å². The summed E-state index contributed by atoms with van der Waals surface area (Å²) in [5.74, 6) is -0.253. The minimum atomic E-state index is -3.75. The molecule has 0 saturated heterocycles. The number of carbonyl (C=O) groups is 1. The van der Waals surface area contributed by atoms with Gasteiger partial charge in [0, 0.05) is 12.1 Å². The predicted molar refractivity (Wildman–Crippen MR) is 104 cm³/mol. The molecule has 5 N–H and O–H groups in total. The number of phenols is 1. The number of hydrogen-bond acceptors (Lipinski definition) is 5. The maximum atomic E-state index is 12.3. The molecule has 3 aromatic rings. The molecular formula is C19H20N4O4S. The van der Waals surface area contributed by atoms with Crippen LogP contribution < -0.4 is 10.5 Å². The van der Waals surface area contributed by atoms with E-state index in [9.17, 15) is 18.3 Å². The minimum absolute atomic E-state index is 0.00837. The lowest BCUT2D eigenvalue weighted by atomic mass is 10.0. The highest BCUT2D eigenvalue weighted by atomic mass is 32.2. The van der Waals surface area contributed by atoms with Crippen LogP contribution in [-0.2, 0) is 16.6 Å². The molecule has 146 valence electrons. The number of hydrogen-bond donors (Lipinski definition) is 4. The average Bonchev–Trinajstić information content (AvgIpc) is 3.12. The van der Waals surface area contributed by atoms with Gasteiger partial charge in [0.05, 0.1) is 10.6 Å². The fourth-order valence-electron chi connectivity index (χ4n) is 2.81. The number of aromatic hydroxyl groups is 1. The van der Waals surface area contributed by atoms with Crippen LogP contribution in [0.5, 0.6) is 5.75 Å². The molecule has 0 aliphatic rings. The van der Waals surface area contributed by atoms with Crippen molar-refractivity contribution in [2.24, 2.45) is 5.14 Å². The number of aromatic nitrogens is 2. The summed E-state index contributed by atoms with van der Waals surface area (Å²) < 4.78 is 22.5. The highest BCUT2D eigenvalue weighted by Gasteiger charge is 2.15. The summed E-state index contributed by atoms with van der Waals surface area (Å²) in [4.78, 5) is 12.4. The molecule has 0 spiro atoms. The standard InChI is InChI=1S/C19H20N4O4S/c1-11-7-12(2)18(24)15(8-11)16-9-17(23-22-16)19(25)21-10-13-3-5-14(6-4-13)28(20,26)27/h3-9,24H,10H2,1-2H3,(H,21,25)(H,22,23)(H2,20,26,27). The Morgan fingerprint density at radius 1 is 1.18 bits per heavy atom. The summed E-state index contributed by atoms with van der Waals surface area (Å²) >= 11 is 0. The summed E-state index contributed by atoms with van der Waals surface area (Å²) in [6, 6.07) is 11.1. The molecule has 1 heterocycles. The average molecular weight is 400 g/mol. The van der Waals surface area contributed by atoms with Crippen molar-refractivity contribution in [2.75, 3.05) is 0 Å². The number of amides is 1. The van der Waals surface area contributed by atoms with Crippen LogP contribution >= 0.6 is 0 Å². The lowest BCUT2D eigenvalue weighted by Crippen LogP contribution is -2.23. The van der Waals surface area contributed by atoms with Gasteiger partial charge in [0.15, 0.2) is 0 Å². The highest BCUT2D eigenvalue weighted by Crippen LogP contribution is 2.32. The lowest BCUT2D eigenvalue weighted by Gasteiger charge is -2.06. The number of aryl methyl sites for hydroxylation is 2. The maximum Gasteiger partial charge on any atom is 0.269 e. The zero-order valence-corrected chi connectivity index (χ0v) is 16.2. The monoisotopic (exact) mass is 400 g/mol. The first kappa shape index (κ1) is 19.6. The van der Waals surface area contributed by atoms with Gasteiger partial charge in [0.25, 0.3) is 5.91 Å². The maximum absolute atomic E-state index is 12.3. The van der Waals surface area contributed by atoms with Crippen molar-refractivity contribution >= 4 is 15.9 Å². The molecule has 2 aromatic carbocycles. The number of nitrogens with one attached hydrogen (secondary N) is 2. The van der Waals surface area contributed by atoms with Crippen LogP contribution in [0.1, 0.15) is 27.2 Å². The van der Waals surface area contributed by atoms with Crippen molar-refractivity contribution in [3.8, 4) is 17.0 Å². The molecule has 0 unspecified atom stereocenters. The van der Waals surface area contributed by atoms with Gasteiger partial charge < -0.3 is 10.4 Å². The van der Waals surface area contributed by atoms with E-state index in [1.165, 1.54) is 12.1 Å². The molecule has 9 heteroatoms. The SMILES string of the molecule is Cc1cc(C)c(O)c(-c2cc(C(=O)NCc3ccc(S(N)(=O)=O)cc3)[nH]n2)c1. The number of nitrogens with zero attached hydrogens (tertiary/aromatic N) is 1. The Bertz CT molecular complexity index is 1140. The zero-order valence-electron chi connectivity index (χ0n) is 15.4. The number of benzene rings is 2. The van der Waals surface area contributed by atoms with Gasteiger partial charge in [-0.2, -0.15) is 5.10 Å². The fourth-order valence-corrected chi connectivity index (χ4v) is 3.32. The molecular weight excluding hydrogens is 380 g/mol. The second kappa shape index (κ2) is 7.45. The van der Waals surface area contributed by atoms with E-state index in [2.05, 4.69) is 15.5 Å². The molecule has 0 fully saturated rings. The first-order chi connectivity index (χ1) is 13.1. The van der Waals surface area contributed by atoms with Gasteiger partial charge in [-0.25, -0.2) is 13.6 Å². The summed E-state index contributed by atoms with van der Waals surface area (Å²) in [7, 11) is -3.75. The Balaban J connectivity index is 1.71. The topological polar surface area (TPSA) is 138 Å². The first-order valence-corrected chi connectivity index (χ1v) is 9.95. The molecule has 0 aliphatic carbocycles. The third-order valence-corrected chi connectivity index (χ3v) is 5.18. The Morgan fingerprint density at radius 3 is 2.50 bits per heavy atom. The van der Waals surface area contributed by atoms with E-state index in [4.69, 9.17) is 5.14 Å². The van der Waals surface area contributed by atoms with Crippen molar-refractivity contribution in [2.45, 2.75) is 25.3 Å². The molecule has 1 aromatic heterocycles. The van der Waals surface area contributed by atoms with Crippen LogP contribution in [0.2, 0.25) is 0 Å². The third-order valence-electron chi connectivity index (χ3n) is 4.25. The number of H-pyrrole nitrogens is 1. The number of phenolic OH excluding ortho intramolecular Hbond substituents is 1. The normalized spacial score (nSPS) is 11.4. The Hall–Kier alpha value is -3.17. The van der Waals surface area contributed by atoms with E-state index in [-0.39, 0.29) is 28.8 Å². The Morgan fingerprint density at radius 2 is 1.86 bits per heavy atom. The number of sulfonamides is 1. The Kier molecular flexibility index (Phi) is 5.21. The van der Waals surface area contributed by atoms with Crippen molar-refractivity contribution in [3.05, 3.63) is 64.8 Å². The number of primary sulfonamides is 1. The van der Waals surface area contributed by atoms with E-state index in [0.717, 1.165) is 11.1 Å². The number of rotatable bonds is 5. The summed E-state index contributed by atoms with van der Waals surface area (Å²) in [5, 5.41) is 24.8. The molecule has 0 radical (unpaired) electrons. The fraction of sp³-hybridized carbons (Fsp3) is 0.158. The summed E-state index contributed by atoms with van der Waals surface area (Å²) in [6.45, 7) is 3.91. The van der Waals surface area contributed by atoms with Crippen LogP contribution in [-0.4, -0.2) is 29.6 Å². The summed E-state index contributed by atoms with van der Waals surface area (Å²) in [5.41, 5.74) is 3.68. The molecule has 0 aliphatic heterocycles. The van der Waals surface area contributed by atoms with Gasteiger partial charge in [-0.15, -0.1) is 0 Å². The molecule has 8 nitrogen and oxygen atoms in total. The quantitative estimate of drug-likeness (QED) is 0.519. The molecule has 0 atom stereocenters. The van der Waals surface area contributed by atoms with Crippen molar-refractivity contribution in [3.63, 3.8) is 0 Å². The van der Waals surface area contributed by atoms with Crippen molar-refractivity contribution < 1.29 is 18.3 Å². The van der Waals surface area contributed by atoms with Crippen LogP contribution in [0, 0.1) is 13.8 Å². The van der Waals surface area contributed by atoms with Gasteiger partial charge in [-0.1, -0.05) is 18.2 Å². The van der Waals surface area contributed by atoms with Crippen molar-refractivity contribution in [1.29, 1.82) is 0 Å². The van der Waals surface area contributed by atoms with Gasteiger partial charge >= 0.3 is 0 Å². The van der Waals surface area contributed by atoms with E-state index in [1.54, 1.807) is 31.2 Å². The highest BCUT2D eigenvalue weighted by molar-refractivity contribution is 7.89. The first-order valence-electron chi connectivity index (χ1n) is 8.41. The minimum Gasteiger partial charge on any atom is -0.507 e. The lowest BCUT2D eigenvalue weighted by molar-refractivity contribution is 0.0946. The van der Waals surface area contributed by atoms with Crippen LogP contribution in [0.3, 0.4) is 0 Å². The molecule has 3 rings (SSSR count). The van der Waals surface area contributed by atoms with E-state index < -0.39 is 10.0 Å². The van der Waals surface area contributed by atoms with Gasteiger partial charge in [0.2, 0.25) is 10.0 Å². The number of carbonyl (C=O) groups excluding carboxylic acids is 1. The van der Waals surface area contributed by atoms with E-state index in [1.807, 2.05) is 13.0 Å². The second-order valence-corrected chi connectivity index (χ2v) is 8.08. The zero-order chi connectivity index (χ0) is 20.5. The second-order valence-electron chi connectivity index (χ2n) is 6.52. The van der Waals surface area contributed by atoms with Gasteiger partial charge in [-0.05, 0) is 54.8 Å². The van der Waals surface area contributed by atoms with Crippen LogP contribution in [0.15, 0.2) is 47.4 Å². The predicted octanol–water partition coefficient (Wildman–Crippen LogP) is 1.98. The van der Waals surface area contributed by atoms with E-state index in [0.29, 0.717) is 16.8 Å². The largest absolute Gasteiger partial charge is 0.507 e. The number of aromatic amines is 1. The smallest absolute Gasteiger partial charge is 0.269 e. The molecule has 0 saturated carbocycles. The molecule has 28 heavy (non-hydrogen) atoms. The van der Waals surface area contributed by atoms with Gasteiger partial charge in [-0.3, -0.25) is 9.89 Å². The Labute approximate surface area is 162 Å². The number of nitrogens with two attached hydrogens (primary N) is 1. The van der Waals surface area contributed by atoms with E-state index >= 15 is 0 Å². The van der Waals surface area contributed by atoms with Crippen LogP contribution in [0.25, 0.3) is 11.3 Å². The van der Waals surface area contributed by atoms with Crippen molar-refractivity contribution in [1.82, 2.24) is 15.5 Å². The molecule has 1 amide bonds. The third kappa shape index (κ3) is 4.21. The summed E-state index contributed by atoms with van der Waals surface area (Å²) in [6.07, 6.45) is 0. The molecule has 0 bridgehead atoms.